The summed E-state index contributed by atoms with van der Waals surface area (Å²) in [6.45, 7) is 4.62. The van der Waals surface area contributed by atoms with Crippen LogP contribution in [0.25, 0.3) is 0 Å². The number of nitrogens with zero attached hydrogens (tertiary/aromatic N) is 3. The summed E-state index contributed by atoms with van der Waals surface area (Å²) in [6.07, 6.45) is 5.40. The Morgan fingerprint density at radius 2 is 2.12 bits per heavy atom. The second kappa shape index (κ2) is 11.1. The molecule has 1 saturated carbocycles. The van der Waals surface area contributed by atoms with Gasteiger partial charge in [0.15, 0.2) is 5.96 Å². The standard InChI is InChI=1S/C17H28ClN5.HI/c1-4-19-17(22-12-15(23(2)3)14-6-7-14)20-10-9-13-5-8-16(18)21-11-13;/h5,8,11,14-15H,4,6-7,9-10,12H2,1-3H3,(H2,19,20,22);1H. The molecule has 0 bridgehead atoms. The van der Waals surface area contributed by atoms with Crippen LogP contribution in [-0.2, 0) is 6.42 Å². The normalized spacial score (nSPS) is 15.8. The average molecular weight is 466 g/mol. The van der Waals surface area contributed by atoms with E-state index >= 15 is 0 Å². The van der Waals surface area contributed by atoms with Crippen molar-refractivity contribution in [1.82, 2.24) is 20.5 Å². The third-order valence-corrected chi connectivity index (χ3v) is 4.33. The van der Waals surface area contributed by atoms with Gasteiger partial charge >= 0.3 is 0 Å². The number of halogens is 2. The Labute approximate surface area is 167 Å². The maximum Gasteiger partial charge on any atom is 0.191 e. The molecule has 1 fully saturated rings. The molecule has 2 N–H and O–H groups in total. The molecule has 1 atom stereocenters. The quantitative estimate of drug-likeness (QED) is 0.268. The smallest absolute Gasteiger partial charge is 0.191 e. The highest BCUT2D eigenvalue weighted by atomic mass is 127. The van der Waals surface area contributed by atoms with Crippen LogP contribution >= 0.6 is 35.6 Å². The monoisotopic (exact) mass is 465 g/mol. The predicted molar refractivity (Wildman–Crippen MR) is 113 cm³/mol. The van der Waals surface area contributed by atoms with Crippen LogP contribution in [0.15, 0.2) is 23.3 Å². The summed E-state index contributed by atoms with van der Waals surface area (Å²) in [7, 11) is 4.29. The number of likely N-dealkylation sites (N-methyl/N-ethyl adjacent to an activating group) is 1. The molecule has 1 aromatic rings. The van der Waals surface area contributed by atoms with Gasteiger partial charge in [-0.2, -0.15) is 0 Å². The molecule has 0 amide bonds. The molecule has 136 valence electrons. The van der Waals surface area contributed by atoms with Gasteiger partial charge in [-0.1, -0.05) is 17.7 Å². The van der Waals surface area contributed by atoms with Crippen molar-refractivity contribution < 1.29 is 0 Å². The zero-order valence-corrected chi connectivity index (χ0v) is 17.8. The first-order chi connectivity index (χ1) is 11.1. The fourth-order valence-corrected chi connectivity index (χ4v) is 2.73. The zero-order chi connectivity index (χ0) is 16.7. The molecule has 1 aromatic heterocycles. The first kappa shape index (κ1) is 21.4. The van der Waals surface area contributed by atoms with E-state index in [9.17, 15) is 0 Å². The van der Waals surface area contributed by atoms with Gasteiger partial charge in [-0.05, 0) is 57.8 Å². The number of aromatic nitrogens is 1. The van der Waals surface area contributed by atoms with Crippen LogP contribution in [-0.4, -0.2) is 55.6 Å². The van der Waals surface area contributed by atoms with E-state index in [0.717, 1.165) is 37.9 Å². The first-order valence-corrected chi connectivity index (χ1v) is 8.77. The molecule has 1 aliphatic carbocycles. The fraction of sp³-hybridized carbons (Fsp3) is 0.647. The van der Waals surface area contributed by atoms with Gasteiger partial charge in [0.25, 0.3) is 0 Å². The van der Waals surface area contributed by atoms with E-state index in [-0.39, 0.29) is 24.0 Å². The Bertz CT molecular complexity index is 500. The van der Waals surface area contributed by atoms with Gasteiger partial charge in [-0.3, -0.25) is 4.99 Å². The zero-order valence-electron chi connectivity index (χ0n) is 14.8. The molecule has 0 saturated heterocycles. The summed E-state index contributed by atoms with van der Waals surface area (Å²) in [5.74, 6) is 1.71. The van der Waals surface area contributed by atoms with E-state index in [2.05, 4.69) is 41.5 Å². The first-order valence-electron chi connectivity index (χ1n) is 8.39. The van der Waals surface area contributed by atoms with Crippen LogP contribution in [0.3, 0.4) is 0 Å². The van der Waals surface area contributed by atoms with Crippen LogP contribution in [0.2, 0.25) is 5.15 Å². The molecule has 1 heterocycles. The van der Waals surface area contributed by atoms with Crippen molar-refractivity contribution in [2.24, 2.45) is 10.9 Å². The van der Waals surface area contributed by atoms with Gasteiger partial charge in [-0.15, -0.1) is 24.0 Å². The van der Waals surface area contributed by atoms with Crippen LogP contribution in [0.4, 0.5) is 0 Å². The highest BCUT2D eigenvalue weighted by molar-refractivity contribution is 14.0. The number of pyridine rings is 1. The summed E-state index contributed by atoms with van der Waals surface area (Å²) < 4.78 is 0. The molecule has 2 rings (SSSR count). The van der Waals surface area contributed by atoms with Crippen LogP contribution in [0.1, 0.15) is 25.3 Å². The molecule has 0 aliphatic heterocycles. The van der Waals surface area contributed by atoms with Gasteiger partial charge in [0.1, 0.15) is 5.15 Å². The largest absolute Gasteiger partial charge is 0.357 e. The molecule has 0 aromatic carbocycles. The Balaban J connectivity index is 0.00000288. The number of hydrogen-bond donors (Lipinski definition) is 2. The Hall–Kier alpha value is -0.600. The third kappa shape index (κ3) is 7.53. The van der Waals surface area contributed by atoms with Crippen molar-refractivity contribution in [2.45, 2.75) is 32.2 Å². The minimum absolute atomic E-state index is 0. The van der Waals surface area contributed by atoms with Gasteiger partial charge in [0.05, 0.1) is 6.54 Å². The van der Waals surface area contributed by atoms with Crippen molar-refractivity contribution in [3.05, 3.63) is 29.0 Å². The topological polar surface area (TPSA) is 52.6 Å². The van der Waals surface area contributed by atoms with Crippen molar-refractivity contribution in [2.75, 3.05) is 33.7 Å². The third-order valence-electron chi connectivity index (χ3n) is 4.10. The summed E-state index contributed by atoms with van der Waals surface area (Å²) in [5.41, 5.74) is 1.17. The van der Waals surface area contributed by atoms with Crippen molar-refractivity contribution in [3.8, 4) is 0 Å². The number of guanidine groups is 1. The van der Waals surface area contributed by atoms with E-state index < -0.39 is 0 Å². The van der Waals surface area contributed by atoms with Crippen LogP contribution in [0, 0.1) is 5.92 Å². The highest BCUT2D eigenvalue weighted by Gasteiger charge is 2.32. The van der Waals surface area contributed by atoms with E-state index in [0.29, 0.717) is 11.2 Å². The Kier molecular flexibility index (Phi) is 9.92. The maximum absolute atomic E-state index is 5.80. The highest BCUT2D eigenvalue weighted by Crippen LogP contribution is 2.34. The lowest BCUT2D eigenvalue weighted by atomic mass is 10.2. The predicted octanol–water partition coefficient (Wildman–Crippen LogP) is 2.79. The van der Waals surface area contributed by atoms with Crippen molar-refractivity contribution >= 4 is 41.5 Å². The van der Waals surface area contributed by atoms with Crippen LogP contribution in [0.5, 0.6) is 0 Å². The lowest BCUT2D eigenvalue weighted by Gasteiger charge is -2.23. The molecule has 7 heteroatoms. The van der Waals surface area contributed by atoms with Crippen molar-refractivity contribution in [3.63, 3.8) is 0 Å². The molecule has 1 aliphatic rings. The SMILES string of the molecule is CCNC(=NCC(C1CC1)N(C)C)NCCc1ccc(Cl)nc1.I. The Morgan fingerprint density at radius 3 is 2.67 bits per heavy atom. The number of nitrogens with one attached hydrogen (secondary N) is 2. The molecule has 5 nitrogen and oxygen atoms in total. The molecular formula is C17H29ClIN5. The Morgan fingerprint density at radius 1 is 1.38 bits per heavy atom. The van der Waals surface area contributed by atoms with Crippen molar-refractivity contribution in [1.29, 1.82) is 0 Å². The maximum atomic E-state index is 5.80. The van der Waals surface area contributed by atoms with Gasteiger partial charge in [0, 0.05) is 25.3 Å². The lowest BCUT2D eigenvalue weighted by Crippen LogP contribution is -2.40. The number of aliphatic imine (C=N–C) groups is 1. The van der Waals surface area contributed by atoms with Crippen LogP contribution < -0.4 is 10.6 Å². The second-order valence-corrected chi connectivity index (χ2v) is 6.64. The molecule has 24 heavy (non-hydrogen) atoms. The van der Waals surface area contributed by atoms with Gasteiger partial charge in [-0.25, -0.2) is 4.98 Å². The summed E-state index contributed by atoms with van der Waals surface area (Å²) in [4.78, 5) is 11.2. The minimum atomic E-state index is 0. The molecular weight excluding hydrogens is 437 g/mol. The van der Waals surface area contributed by atoms with E-state index in [1.54, 1.807) is 0 Å². The van der Waals surface area contributed by atoms with Gasteiger partial charge in [0.2, 0.25) is 0 Å². The van der Waals surface area contributed by atoms with Gasteiger partial charge < -0.3 is 15.5 Å². The number of rotatable bonds is 8. The average Bonchev–Trinajstić information content (AvgIpc) is 3.34. The molecule has 0 radical (unpaired) electrons. The summed E-state index contributed by atoms with van der Waals surface area (Å²) >= 11 is 5.80. The second-order valence-electron chi connectivity index (χ2n) is 6.25. The molecule has 0 spiro atoms. The van der Waals surface area contributed by atoms with E-state index in [1.807, 2.05) is 18.3 Å². The fourth-order valence-electron chi connectivity index (χ4n) is 2.62. The molecule has 1 unspecified atom stereocenters. The minimum Gasteiger partial charge on any atom is -0.357 e. The van der Waals surface area contributed by atoms with E-state index in [1.165, 1.54) is 18.4 Å². The lowest BCUT2D eigenvalue weighted by molar-refractivity contribution is 0.271. The summed E-state index contributed by atoms with van der Waals surface area (Å²) in [5, 5.41) is 7.25. The summed E-state index contributed by atoms with van der Waals surface area (Å²) in [6, 6.07) is 4.38. The van der Waals surface area contributed by atoms with E-state index in [4.69, 9.17) is 16.6 Å². The number of hydrogen-bond acceptors (Lipinski definition) is 3.